The van der Waals surface area contributed by atoms with Gasteiger partial charge in [-0.1, -0.05) is 12.1 Å². The van der Waals surface area contributed by atoms with Gasteiger partial charge < -0.3 is 19.9 Å². The number of likely N-dealkylation sites (N-methyl/N-ethyl adjacent to an activating group) is 1. The van der Waals surface area contributed by atoms with Crippen molar-refractivity contribution in [2.75, 3.05) is 31.6 Å². The molecular weight excluding hydrogens is 464 g/mol. The van der Waals surface area contributed by atoms with Crippen molar-refractivity contribution < 1.29 is 9.53 Å². The Morgan fingerprint density at radius 2 is 1.97 bits per heavy atom. The number of pyridine rings is 1. The number of hydrogen-bond donors (Lipinski definition) is 1. The van der Waals surface area contributed by atoms with E-state index in [9.17, 15) is 4.79 Å². The third-order valence-corrected chi connectivity index (χ3v) is 9.46. The second kappa shape index (κ2) is 9.20. The highest BCUT2D eigenvalue weighted by Crippen LogP contribution is 2.49. The summed E-state index contributed by atoms with van der Waals surface area (Å²) in [5.41, 5.74) is 4.98. The fourth-order valence-electron chi connectivity index (χ4n) is 5.93. The lowest BCUT2D eigenvalue weighted by Gasteiger charge is -2.41. The molecule has 3 aromatic rings. The smallest absolute Gasteiger partial charge is 0.252 e. The SMILES string of the molecule is Cc1ccc(OC([SiH3])[C@@H]2CCN2C)cc1C(=O)NC1(c2cc(N3CCCC3)cc3ncccc23)CC1. The Morgan fingerprint density at radius 1 is 1.17 bits per heavy atom. The van der Waals surface area contributed by atoms with Gasteiger partial charge in [-0.15, -0.1) is 0 Å². The summed E-state index contributed by atoms with van der Waals surface area (Å²) >= 11 is 0. The lowest BCUT2D eigenvalue weighted by Crippen LogP contribution is -2.53. The van der Waals surface area contributed by atoms with E-state index >= 15 is 0 Å². The van der Waals surface area contributed by atoms with E-state index in [1.165, 1.54) is 30.5 Å². The van der Waals surface area contributed by atoms with Gasteiger partial charge in [-0.25, -0.2) is 0 Å². The van der Waals surface area contributed by atoms with Crippen molar-refractivity contribution >= 4 is 32.7 Å². The Bertz CT molecular complexity index is 1300. The molecule has 3 fully saturated rings. The average Bonchev–Trinajstić information content (AvgIpc) is 3.42. The molecule has 3 aliphatic rings. The highest BCUT2D eigenvalue weighted by molar-refractivity contribution is 6.11. The average molecular weight is 501 g/mol. The van der Waals surface area contributed by atoms with E-state index in [1.54, 1.807) is 0 Å². The molecule has 7 heteroatoms. The topological polar surface area (TPSA) is 57.7 Å². The Morgan fingerprint density at radius 3 is 2.67 bits per heavy atom. The van der Waals surface area contributed by atoms with Crippen molar-refractivity contribution in [2.24, 2.45) is 0 Å². The number of nitrogens with one attached hydrogen (secondary N) is 1. The molecule has 3 heterocycles. The van der Waals surface area contributed by atoms with Gasteiger partial charge >= 0.3 is 0 Å². The maximum Gasteiger partial charge on any atom is 0.252 e. The number of aryl methyl sites for hydroxylation is 1. The van der Waals surface area contributed by atoms with Crippen molar-refractivity contribution in [3.63, 3.8) is 0 Å². The molecule has 1 saturated carbocycles. The van der Waals surface area contributed by atoms with Crippen molar-refractivity contribution in [3.8, 4) is 5.75 Å². The highest BCUT2D eigenvalue weighted by Gasteiger charge is 2.47. The van der Waals surface area contributed by atoms with Crippen LogP contribution in [0.15, 0.2) is 48.7 Å². The third-order valence-electron chi connectivity index (χ3n) is 8.46. The lowest BCUT2D eigenvalue weighted by molar-refractivity contribution is 0.0562. The van der Waals surface area contributed by atoms with Gasteiger partial charge in [0, 0.05) is 42.0 Å². The summed E-state index contributed by atoms with van der Waals surface area (Å²) in [4.78, 5) is 23.2. The third kappa shape index (κ3) is 4.28. The van der Waals surface area contributed by atoms with Gasteiger partial charge in [0.1, 0.15) is 5.75 Å². The predicted molar refractivity (Wildman–Crippen MR) is 148 cm³/mol. The van der Waals surface area contributed by atoms with E-state index < -0.39 is 0 Å². The van der Waals surface area contributed by atoms with E-state index in [1.807, 2.05) is 37.4 Å². The van der Waals surface area contributed by atoms with Crippen LogP contribution in [0.2, 0.25) is 0 Å². The summed E-state index contributed by atoms with van der Waals surface area (Å²) in [7, 11) is 3.11. The normalized spacial score (nSPS) is 21.8. The first-order chi connectivity index (χ1) is 17.4. The monoisotopic (exact) mass is 500 g/mol. The molecule has 2 atom stereocenters. The molecule has 188 valence electrons. The van der Waals surface area contributed by atoms with Crippen molar-refractivity contribution in [1.82, 2.24) is 15.2 Å². The number of nitrogens with zero attached hydrogens (tertiary/aromatic N) is 3. The summed E-state index contributed by atoms with van der Waals surface area (Å²) < 4.78 is 6.32. The Kier molecular flexibility index (Phi) is 6.00. The molecule has 2 aliphatic heterocycles. The molecule has 6 rings (SSSR count). The van der Waals surface area contributed by atoms with Crippen LogP contribution in [0.5, 0.6) is 5.75 Å². The number of rotatable bonds is 7. The van der Waals surface area contributed by atoms with Gasteiger partial charge in [-0.2, -0.15) is 0 Å². The molecule has 36 heavy (non-hydrogen) atoms. The number of carbonyl (C=O) groups is 1. The quantitative estimate of drug-likeness (QED) is 0.505. The zero-order valence-electron chi connectivity index (χ0n) is 21.6. The van der Waals surface area contributed by atoms with Gasteiger partial charge in [0.05, 0.1) is 27.0 Å². The number of aromatic nitrogens is 1. The van der Waals surface area contributed by atoms with E-state index in [4.69, 9.17) is 4.74 Å². The summed E-state index contributed by atoms with van der Waals surface area (Å²) in [6.45, 7) is 5.31. The molecule has 0 bridgehead atoms. The van der Waals surface area contributed by atoms with Crippen LogP contribution in [0.25, 0.3) is 10.9 Å². The molecule has 1 amide bonds. The second-order valence-corrected chi connectivity index (χ2v) is 12.1. The van der Waals surface area contributed by atoms with Gasteiger partial charge in [0.15, 0.2) is 0 Å². The first-order valence-electron chi connectivity index (χ1n) is 13.4. The summed E-state index contributed by atoms with van der Waals surface area (Å²) in [5, 5.41) is 4.58. The number of ether oxygens (including phenoxy) is 1. The van der Waals surface area contributed by atoms with E-state index in [2.05, 4.69) is 45.3 Å². The molecule has 1 aromatic heterocycles. The minimum atomic E-state index is -0.341. The molecule has 1 aliphatic carbocycles. The first kappa shape index (κ1) is 23.5. The fraction of sp³-hybridized carbons (Fsp3) is 0.448. The molecule has 0 radical (unpaired) electrons. The molecular formula is C29H36N4O2Si. The van der Waals surface area contributed by atoms with E-state index in [0.29, 0.717) is 11.6 Å². The zero-order chi connectivity index (χ0) is 24.9. The Balaban J connectivity index is 1.28. The maximum absolute atomic E-state index is 13.7. The van der Waals surface area contributed by atoms with Gasteiger partial charge in [-0.05, 0) is 94.1 Å². The minimum absolute atomic E-state index is 0.0234. The summed E-state index contributed by atoms with van der Waals surface area (Å²) in [6, 6.07) is 15.1. The number of amides is 1. The van der Waals surface area contributed by atoms with Crippen LogP contribution in [-0.2, 0) is 5.54 Å². The van der Waals surface area contributed by atoms with Crippen LogP contribution in [0.4, 0.5) is 5.69 Å². The van der Waals surface area contributed by atoms with Crippen LogP contribution in [0.1, 0.15) is 53.6 Å². The Labute approximate surface area is 216 Å². The van der Waals surface area contributed by atoms with Crippen LogP contribution < -0.4 is 15.0 Å². The largest absolute Gasteiger partial charge is 0.494 e. The number of hydrogen-bond acceptors (Lipinski definition) is 5. The number of anilines is 1. The van der Waals surface area contributed by atoms with Crippen LogP contribution >= 0.6 is 0 Å². The van der Waals surface area contributed by atoms with Crippen LogP contribution in [0.3, 0.4) is 0 Å². The zero-order valence-corrected chi connectivity index (χ0v) is 23.6. The number of fused-ring (bicyclic) bond motifs is 1. The molecule has 1 unspecified atom stereocenters. The van der Waals surface area contributed by atoms with Gasteiger partial charge in [0.2, 0.25) is 0 Å². The first-order valence-corrected chi connectivity index (χ1v) is 14.5. The maximum atomic E-state index is 13.7. The molecule has 0 spiro atoms. The summed E-state index contributed by atoms with van der Waals surface area (Å²) in [5.74, 6) is 0.770. The van der Waals surface area contributed by atoms with Gasteiger partial charge in [0.25, 0.3) is 5.91 Å². The highest BCUT2D eigenvalue weighted by atomic mass is 28.1. The number of benzene rings is 2. The molecule has 6 nitrogen and oxygen atoms in total. The van der Waals surface area contributed by atoms with Crippen LogP contribution in [-0.4, -0.2) is 64.5 Å². The van der Waals surface area contributed by atoms with Crippen molar-refractivity contribution in [1.29, 1.82) is 0 Å². The van der Waals surface area contributed by atoms with Crippen molar-refractivity contribution in [2.45, 2.75) is 56.3 Å². The number of carbonyl (C=O) groups excluding carboxylic acids is 1. The van der Waals surface area contributed by atoms with E-state index in [0.717, 1.165) is 64.9 Å². The summed E-state index contributed by atoms with van der Waals surface area (Å²) in [6.07, 6.45) is 7.39. The molecule has 2 aromatic carbocycles. The minimum Gasteiger partial charge on any atom is -0.494 e. The standard InChI is InChI=1S/C29H36N4O2Si/c1-19-7-8-21(35-28(36)26-9-15-32(26)2)18-23(19)27(34)31-29(10-11-29)24-16-20(33-13-3-4-14-33)17-25-22(24)6-5-12-30-25/h5-8,12,16-18,26,28H,3-4,9-11,13-15H2,1-2,36H3,(H,31,34)/t26-,28?/m0/s1. The fourth-order valence-corrected chi connectivity index (χ4v) is 7.05. The molecule has 1 N–H and O–H groups in total. The van der Waals surface area contributed by atoms with Crippen LogP contribution in [0, 0.1) is 6.92 Å². The Hall–Kier alpha value is -2.90. The number of likely N-dealkylation sites (tertiary alicyclic amines) is 1. The predicted octanol–water partition coefficient (Wildman–Crippen LogP) is 3.34. The van der Waals surface area contributed by atoms with Gasteiger partial charge in [-0.3, -0.25) is 9.78 Å². The second-order valence-electron chi connectivity index (χ2n) is 10.9. The van der Waals surface area contributed by atoms with E-state index in [-0.39, 0.29) is 17.2 Å². The lowest BCUT2D eigenvalue weighted by atomic mass is 9.97. The van der Waals surface area contributed by atoms with Crippen molar-refractivity contribution in [3.05, 3.63) is 65.4 Å². The molecule has 2 saturated heterocycles.